The van der Waals surface area contributed by atoms with E-state index in [4.69, 9.17) is 14.2 Å². The largest absolute Gasteiger partial charge is 0.489 e. The zero-order valence-corrected chi connectivity index (χ0v) is 18.6. The van der Waals surface area contributed by atoms with Gasteiger partial charge in [-0.15, -0.1) is 0 Å². The normalized spacial score (nSPS) is 24.0. The molecule has 0 saturated carbocycles. The number of allylic oxidation sites excluding steroid dienone is 2. The molecule has 1 saturated heterocycles. The zero-order valence-electron chi connectivity index (χ0n) is 17.8. The molecule has 3 aliphatic rings. The first-order valence-electron chi connectivity index (χ1n) is 10.2. The van der Waals surface area contributed by atoms with Gasteiger partial charge in [0.25, 0.3) is 5.91 Å². The van der Waals surface area contributed by atoms with Crippen molar-refractivity contribution < 1.29 is 28.6 Å². The summed E-state index contributed by atoms with van der Waals surface area (Å²) in [5.41, 5.74) is 1.43. The van der Waals surface area contributed by atoms with Gasteiger partial charge in [-0.05, 0) is 13.0 Å². The molecule has 2 aliphatic heterocycles. The van der Waals surface area contributed by atoms with E-state index in [0.717, 1.165) is 17.1 Å². The van der Waals surface area contributed by atoms with E-state index in [0.29, 0.717) is 30.0 Å². The van der Waals surface area contributed by atoms with Gasteiger partial charge in [0.05, 0.1) is 14.2 Å². The minimum atomic E-state index is -0.718. The number of amides is 1. The summed E-state index contributed by atoms with van der Waals surface area (Å²) in [4.78, 5) is 41.3. The van der Waals surface area contributed by atoms with E-state index in [1.165, 1.54) is 14.2 Å². The van der Waals surface area contributed by atoms with Gasteiger partial charge in [0.15, 0.2) is 6.10 Å². The fourth-order valence-corrected chi connectivity index (χ4v) is 5.32. The third kappa shape index (κ3) is 3.73. The summed E-state index contributed by atoms with van der Waals surface area (Å²) in [6, 6.07) is 7.36. The van der Waals surface area contributed by atoms with Crippen LogP contribution in [-0.4, -0.2) is 67.3 Å². The van der Waals surface area contributed by atoms with Crippen LogP contribution in [-0.2, 0) is 23.9 Å². The van der Waals surface area contributed by atoms with Crippen molar-refractivity contribution in [2.75, 3.05) is 38.8 Å². The first-order chi connectivity index (χ1) is 15.0. The molecular formula is C23H25NO6S. The van der Waals surface area contributed by atoms with Gasteiger partial charge >= 0.3 is 0 Å². The Morgan fingerprint density at radius 1 is 1.06 bits per heavy atom. The van der Waals surface area contributed by atoms with E-state index >= 15 is 0 Å². The van der Waals surface area contributed by atoms with Gasteiger partial charge in [0.1, 0.15) is 5.75 Å². The number of hydrogen-bond acceptors (Lipinski definition) is 7. The molecule has 1 aliphatic carbocycles. The van der Waals surface area contributed by atoms with Crippen LogP contribution >= 0.6 is 11.8 Å². The Morgan fingerprint density at radius 3 is 2.39 bits per heavy atom. The number of fused-ring (bicyclic) bond motifs is 1. The molecule has 1 aromatic rings. The van der Waals surface area contributed by atoms with E-state index in [2.05, 4.69) is 0 Å². The van der Waals surface area contributed by atoms with Crippen LogP contribution in [0.1, 0.15) is 24.8 Å². The summed E-state index contributed by atoms with van der Waals surface area (Å²) in [5, 5.41) is 0. The second-order valence-electron chi connectivity index (χ2n) is 7.63. The van der Waals surface area contributed by atoms with Gasteiger partial charge in [-0.3, -0.25) is 14.4 Å². The highest BCUT2D eigenvalue weighted by atomic mass is 32.2. The second-order valence-corrected chi connectivity index (χ2v) is 8.86. The van der Waals surface area contributed by atoms with Gasteiger partial charge in [0, 0.05) is 53.6 Å². The Morgan fingerprint density at radius 2 is 1.71 bits per heavy atom. The highest BCUT2D eigenvalue weighted by molar-refractivity contribution is 7.99. The number of hydrogen-bond donors (Lipinski definition) is 0. The van der Waals surface area contributed by atoms with Crippen LogP contribution < -0.4 is 4.74 Å². The maximum atomic E-state index is 13.4. The Labute approximate surface area is 185 Å². The number of benzene rings is 1. The van der Waals surface area contributed by atoms with Gasteiger partial charge < -0.3 is 19.1 Å². The smallest absolute Gasteiger partial charge is 0.263 e. The number of ketones is 2. The number of carbonyl (C=O) groups is 3. The number of nitrogens with zero attached hydrogens (tertiary/aromatic N) is 1. The molecule has 4 rings (SSSR count). The van der Waals surface area contributed by atoms with Crippen LogP contribution in [0.25, 0.3) is 0 Å². The van der Waals surface area contributed by atoms with Crippen LogP contribution in [0.5, 0.6) is 5.75 Å². The first kappa shape index (κ1) is 21.5. The molecule has 164 valence electrons. The Kier molecular flexibility index (Phi) is 6.09. The third-order valence-electron chi connectivity index (χ3n) is 5.98. The average Bonchev–Trinajstić information content (AvgIpc) is 2.81. The number of rotatable bonds is 4. The predicted octanol–water partition coefficient (Wildman–Crippen LogP) is 2.47. The minimum Gasteiger partial charge on any atom is -0.489 e. The van der Waals surface area contributed by atoms with Crippen molar-refractivity contribution in [2.24, 2.45) is 0 Å². The van der Waals surface area contributed by atoms with Crippen LogP contribution in [0.3, 0.4) is 0 Å². The molecule has 1 amide bonds. The van der Waals surface area contributed by atoms with Crippen molar-refractivity contribution >= 4 is 29.2 Å². The lowest BCUT2D eigenvalue weighted by atomic mass is 9.77. The molecule has 1 fully saturated rings. The summed E-state index contributed by atoms with van der Waals surface area (Å²) in [6.07, 6.45) is -0.435. The lowest BCUT2D eigenvalue weighted by molar-refractivity contribution is -0.139. The quantitative estimate of drug-likeness (QED) is 0.661. The summed E-state index contributed by atoms with van der Waals surface area (Å²) in [5.74, 6) is 0.859. The molecular weight excluding hydrogens is 418 g/mol. The highest BCUT2D eigenvalue weighted by Crippen LogP contribution is 2.44. The van der Waals surface area contributed by atoms with Crippen molar-refractivity contribution in [3.63, 3.8) is 0 Å². The van der Waals surface area contributed by atoms with E-state index in [-0.39, 0.29) is 29.6 Å². The molecule has 0 N–H and O–H groups in total. The molecule has 2 unspecified atom stereocenters. The zero-order chi connectivity index (χ0) is 22.1. The molecule has 2 atom stereocenters. The topological polar surface area (TPSA) is 82.1 Å². The highest BCUT2D eigenvalue weighted by Gasteiger charge is 2.43. The minimum absolute atomic E-state index is 0.0762. The Balaban J connectivity index is 1.74. The van der Waals surface area contributed by atoms with Crippen molar-refractivity contribution in [1.82, 2.24) is 4.90 Å². The number of para-hydroxylation sites is 1. The lowest BCUT2D eigenvalue weighted by Crippen LogP contribution is -2.47. The Bertz CT molecular complexity index is 992. The van der Waals surface area contributed by atoms with Crippen LogP contribution in [0.4, 0.5) is 0 Å². The van der Waals surface area contributed by atoms with Crippen molar-refractivity contribution in [3.05, 3.63) is 52.5 Å². The molecule has 0 bridgehead atoms. The van der Waals surface area contributed by atoms with Crippen LogP contribution in [0.15, 0.2) is 46.9 Å². The van der Waals surface area contributed by atoms with E-state index in [9.17, 15) is 14.4 Å². The number of methoxy groups -OCH3 is 2. The Hall–Kier alpha value is -2.74. The van der Waals surface area contributed by atoms with Crippen LogP contribution in [0, 0.1) is 0 Å². The van der Waals surface area contributed by atoms with E-state index in [1.807, 2.05) is 34.9 Å². The maximum Gasteiger partial charge on any atom is 0.263 e. The number of Topliss-reactive ketones (excluding diaryl/α,β-unsaturated/α-hetero) is 2. The third-order valence-corrected chi connectivity index (χ3v) is 6.92. The van der Waals surface area contributed by atoms with Gasteiger partial charge in [0.2, 0.25) is 23.1 Å². The molecule has 31 heavy (non-hydrogen) atoms. The van der Waals surface area contributed by atoms with Gasteiger partial charge in [-0.25, -0.2) is 0 Å². The monoisotopic (exact) mass is 443 g/mol. The van der Waals surface area contributed by atoms with Crippen molar-refractivity contribution in [2.45, 2.75) is 25.4 Å². The summed E-state index contributed by atoms with van der Waals surface area (Å²) >= 11 is 1.83. The molecule has 0 aromatic heterocycles. The molecule has 1 aromatic carbocycles. The fraction of sp³-hybridized carbons (Fsp3) is 0.435. The van der Waals surface area contributed by atoms with Gasteiger partial charge in [-0.1, -0.05) is 18.2 Å². The average molecular weight is 444 g/mol. The van der Waals surface area contributed by atoms with Gasteiger partial charge in [-0.2, -0.15) is 11.8 Å². The summed E-state index contributed by atoms with van der Waals surface area (Å²) < 4.78 is 16.5. The molecule has 0 radical (unpaired) electrons. The fourth-order valence-electron chi connectivity index (χ4n) is 4.41. The summed E-state index contributed by atoms with van der Waals surface area (Å²) in [6.45, 7) is 2.99. The molecule has 2 heterocycles. The second kappa shape index (κ2) is 8.78. The first-order valence-corrected chi connectivity index (χ1v) is 11.4. The van der Waals surface area contributed by atoms with E-state index in [1.54, 1.807) is 13.0 Å². The van der Waals surface area contributed by atoms with Crippen molar-refractivity contribution in [1.29, 1.82) is 0 Å². The SMILES string of the molecule is COC1=C(OC)C(=O)C(C2CC(C(=O)N3CCSCC3)Oc3ccccc32)=C(C)C1=O. The van der Waals surface area contributed by atoms with Crippen LogP contribution in [0.2, 0.25) is 0 Å². The maximum absolute atomic E-state index is 13.4. The number of carbonyl (C=O) groups excluding carboxylic acids is 3. The standard InChI is InChI=1S/C23H25NO6S/c1-13-18(20(26)22(29-3)21(28-2)19(13)25)15-12-17(23(27)24-8-10-31-11-9-24)30-16-7-5-4-6-14(15)16/h4-7,15,17H,8-12H2,1-3H3. The van der Waals surface area contributed by atoms with Crippen molar-refractivity contribution in [3.8, 4) is 5.75 Å². The van der Waals surface area contributed by atoms with E-state index < -0.39 is 17.8 Å². The summed E-state index contributed by atoms with van der Waals surface area (Å²) in [7, 11) is 2.68. The molecule has 7 nitrogen and oxygen atoms in total. The molecule has 0 spiro atoms. The lowest BCUT2D eigenvalue weighted by Gasteiger charge is -2.37. The number of thioether (sulfide) groups is 1. The number of ether oxygens (including phenoxy) is 3. The predicted molar refractivity (Wildman–Crippen MR) is 116 cm³/mol. The molecule has 8 heteroatoms.